The summed E-state index contributed by atoms with van der Waals surface area (Å²) in [5, 5.41) is 23.6. The molecule has 0 unspecified atom stereocenters. The predicted octanol–water partition coefficient (Wildman–Crippen LogP) is 4.18. The van der Waals surface area contributed by atoms with Crippen LogP contribution in [0.4, 0.5) is 14.6 Å². The fourth-order valence-corrected chi connectivity index (χ4v) is 9.46. The SMILES string of the molecule is C#Cc1c(F)ccc2cc(O)cc(-c3nc4c5c(nc(OC[C@@]67CCCN6[C@H](Cn6ccnn6)CC7)nc5c3F)N3C[C@H]5CC[C@H](N5)[C@H]3CO4)c12. The number of phenols is 1. The van der Waals surface area contributed by atoms with Gasteiger partial charge in [-0.2, -0.15) is 9.97 Å². The largest absolute Gasteiger partial charge is 0.508 e. The van der Waals surface area contributed by atoms with Gasteiger partial charge in [0.1, 0.15) is 47.2 Å². The molecule has 12 nitrogen and oxygen atoms in total. The molecule has 51 heavy (non-hydrogen) atoms. The van der Waals surface area contributed by atoms with E-state index in [9.17, 15) is 5.11 Å². The first-order valence-corrected chi connectivity index (χ1v) is 17.6. The van der Waals surface area contributed by atoms with Crippen LogP contribution in [0, 0.1) is 24.0 Å². The minimum Gasteiger partial charge on any atom is -0.508 e. The first kappa shape index (κ1) is 30.7. The Bertz CT molecular complexity index is 2260. The van der Waals surface area contributed by atoms with E-state index >= 15 is 8.78 Å². The summed E-state index contributed by atoms with van der Waals surface area (Å²) in [5.74, 6) is 1.54. The van der Waals surface area contributed by atoms with Gasteiger partial charge in [-0.05, 0) is 68.7 Å². The summed E-state index contributed by atoms with van der Waals surface area (Å²) in [6, 6.07) is 6.27. The molecule has 3 aromatic heterocycles. The third-order valence-corrected chi connectivity index (χ3v) is 11.8. The second-order valence-electron chi connectivity index (χ2n) is 14.5. The van der Waals surface area contributed by atoms with E-state index in [0.717, 1.165) is 51.6 Å². The predicted molar refractivity (Wildman–Crippen MR) is 184 cm³/mol. The van der Waals surface area contributed by atoms with E-state index in [0.29, 0.717) is 42.4 Å². The molecule has 2 aromatic carbocycles. The lowest BCUT2D eigenvalue weighted by atomic mass is 9.95. The number of anilines is 1. The normalized spacial score (nSPS) is 26.6. The Morgan fingerprint density at radius 3 is 2.90 bits per heavy atom. The Morgan fingerprint density at radius 2 is 2.04 bits per heavy atom. The van der Waals surface area contributed by atoms with Crippen molar-refractivity contribution in [3.63, 3.8) is 0 Å². The number of halogens is 2. The van der Waals surface area contributed by atoms with E-state index in [2.05, 4.69) is 31.3 Å². The zero-order valence-corrected chi connectivity index (χ0v) is 27.7. The van der Waals surface area contributed by atoms with Gasteiger partial charge >= 0.3 is 6.01 Å². The van der Waals surface area contributed by atoms with Crippen LogP contribution in [0.15, 0.2) is 36.7 Å². The number of nitrogens with one attached hydrogen (secondary N) is 1. The summed E-state index contributed by atoms with van der Waals surface area (Å²) >= 11 is 0. The number of piperazine rings is 1. The number of rotatable bonds is 6. The molecule has 5 aliphatic heterocycles. The zero-order valence-electron chi connectivity index (χ0n) is 27.7. The Morgan fingerprint density at radius 1 is 1.12 bits per heavy atom. The van der Waals surface area contributed by atoms with Gasteiger partial charge in [0.05, 0.1) is 29.9 Å². The molecule has 0 spiro atoms. The minimum atomic E-state index is -0.768. The van der Waals surface area contributed by atoms with Crippen molar-refractivity contribution >= 4 is 27.5 Å². The maximum atomic E-state index is 17.2. The molecule has 4 fully saturated rings. The molecule has 5 atom stereocenters. The van der Waals surface area contributed by atoms with Crippen LogP contribution in [0.5, 0.6) is 17.6 Å². The van der Waals surface area contributed by atoms with Crippen molar-refractivity contribution in [1.82, 2.24) is 40.2 Å². The Labute approximate surface area is 291 Å². The van der Waals surface area contributed by atoms with Crippen LogP contribution >= 0.6 is 0 Å². The number of aromatic hydroxyl groups is 1. The van der Waals surface area contributed by atoms with Crippen molar-refractivity contribution < 1.29 is 23.4 Å². The molecule has 8 heterocycles. The fourth-order valence-electron chi connectivity index (χ4n) is 9.46. The summed E-state index contributed by atoms with van der Waals surface area (Å²) in [6.07, 6.45) is 15.3. The molecule has 2 N–H and O–H groups in total. The lowest BCUT2D eigenvalue weighted by molar-refractivity contribution is 0.0787. The van der Waals surface area contributed by atoms with Gasteiger partial charge in [-0.15, -0.1) is 11.5 Å². The number of phenolic OH excluding ortho intramolecular Hbond substituents is 1. The second-order valence-corrected chi connectivity index (χ2v) is 14.5. The molecule has 5 aliphatic rings. The monoisotopic (exact) mass is 691 g/mol. The Kier molecular flexibility index (Phi) is 6.88. The topological polar surface area (TPSA) is 127 Å². The molecule has 260 valence electrons. The van der Waals surface area contributed by atoms with Crippen LogP contribution in [-0.4, -0.2) is 96.0 Å². The number of terminal acetylenes is 1. The quantitative estimate of drug-likeness (QED) is 0.249. The van der Waals surface area contributed by atoms with Crippen LogP contribution in [0.3, 0.4) is 0 Å². The van der Waals surface area contributed by atoms with Gasteiger partial charge in [0.2, 0.25) is 5.88 Å². The lowest BCUT2D eigenvalue weighted by Gasteiger charge is -2.40. The van der Waals surface area contributed by atoms with Gasteiger partial charge in [-0.25, -0.2) is 13.8 Å². The van der Waals surface area contributed by atoms with E-state index in [1.54, 1.807) is 6.20 Å². The molecule has 0 aliphatic carbocycles. The smallest absolute Gasteiger partial charge is 0.319 e. The molecule has 0 radical (unpaired) electrons. The van der Waals surface area contributed by atoms with Crippen LogP contribution in [0.25, 0.3) is 32.9 Å². The molecule has 10 rings (SSSR count). The third-order valence-electron chi connectivity index (χ3n) is 11.8. The minimum absolute atomic E-state index is 0.0204. The van der Waals surface area contributed by atoms with E-state index in [4.69, 9.17) is 30.8 Å². The highest BCUT2D eigenvalue weighted by Gasteiger charge is 2.50. The highest BCUT2D eigenvalue weighted by molar-refractivity contribution is 6.04. The summed E-state index contributed by atoms with van der Waals surface area (Å²) in [6.45, 7) is 3.03. The maximum absolute atomic E-state index is 17.2. The van der Waals surface area contributed by atoms with E-state index in [-0.39, 0.29) is 69.0 Å². The second kappa shape index (κ2) is 11.4. The molecular weight excluding hydrogens is 656 g/mol. The van der Waals surface area contributed by atoms with E-state index in [1.807, 2.05) is 10.9 Å². The van der Waals surface area contributed by atoms with E-state index in [1.165, 1.54) is 24.3 Å². The molecule has 5 aromatic rings. The molecular formula is C37H35F2N9O3. The summed E-state index contributed by atoms with van der Waals surface area (Å²) < 4.78 is 47.1. The first-order valence-electron chi connectivity index (χ1n) is 17.6. The standard InChI is InChI=1S/C37H35F2N9O3/c1-2-24-26(38)6-4-20-14-23(49)15-25(29(20)24)32-31(39)33-30-34(47-16-21-5-7-27(41-21)28(47)18-50-35(30)42-32)44-36(43-33)51-19-37-9-3-12-48(37)22(8-10-37)17-46-13-11-40-45-46/h1,4,6,11,13-15,21-22,27-28,41,49H,3,5,7-10,12,16-19H2/t21-,22+,27+,28-,37+/m1/s1. The zero-order chi connectivity index (χ0) is 34.4. The van der Waals surface area contributed by atoms with Crippen molar-refractivity contribution in [2.24, 2.45) is 0 Å². The maximum Gasteiger partial charge on any atom is 0.319 e. The van der Waals surface area contributed by atoms with Crippen molar-refractivity contribution in [3.8, 4) is 41.2 Å². The number of aromatic nitrogens is 6. The first-order chi connectivity index (χ1) is 24.9. The Hall–Kier alpha value is -5.13. The van der Waals surface area contributed by atoms with Gasteiger partial charge in [0, 0.05) is 41.8 Å². The number of ether oxygens (including phenoxy) is 2. The van der Waals surface area contributed by atoms with Gasteiger partial charge in [-0.1, -0.05) is 17.2 Å². The molecule has 0 amide bonds. The van der Waals surface area contributed by atoms with Gasteiger partial charge in [0.15, 0.2) is 5.82 Å². The van der Waals surface area contributed by atoms with Crippen LogP contribution in [0.2, 0.25) is 0 Å². The van der Waals surface area contributed by atoms with Gasteiger partial charge < -0.3 is 24.8 Å². The van der Waals surface area contributed by atoms with Gasteiger partial charge in [-0.3, -0.25) is 9.58 Å². The van der Waals surface area contributed by atoms with Crippen molar-refractivity contribution in [2.75, 3.05) is 31.2 Å². The number of hydrogen-bond acceptors (Lipinski definition) is 11. The number of fused-ring (bicyclic) bond motifs is 7. The average molecular weight is 692 g/mol. The summed E-state index contributed by atoms with van der Waals surface area (Å²) in [4.78, 5) is 19.2. The summed E-state index contributed by atoms with van der Waals surface area (Å²) in [7, 11) is 0. The molecule has 14 heteroatoms. The number of pyridine rings is 1. The number of nitrogens with zero attached hydrogens (tertiary/aromatic N) is 8. The molecule has 4 saturated heterocycles. The number of benzene rings is 2. The molecule has 2 bridgehead atoms. The van der Waals surface area contributed by atoms with Crippen molar-refractivity contribution in [1.29, 1.82) is 0 Å². The third kappa shape index (κ3) is 4.74. The summed E-state index contributed by atoms with van der Waals surface area (Å²) in [5.41, 5.74) is -0.301. The average Bonchev–Trinajstić information content (AvgIpc) is 3.93. The number of hydrogen-bond donors (Lipinski definition) is 2. The van der Waals surface area contributed by atoms with Crippen molar-refractivity contribution in [3.05, 3.63) is 53.9 Å². The van der Waals surface area contributed by atoms with Crippen molar-refractivity contribution in [2.45, 2.75) is 74.8 Å². The van der Waals surface area contributed by atoms with Crippen LogP contribution in [0.1, 0.15) is 44.1 Å². The Balaban J connectivity index is 1.11. The van der Waals surface area contributed by atoms with Crippen LogP contribution in [-0.2, 0) is 6.54 Å². The highest BCUT2D eigenvalue weighted by atomic mass is 19.1. The molecule has 0 saturated carbocycles. The fraction of sp³-hybridized carbons (Fsp3) is 0.432. The van der Waals surface area contributed by atoms with E-state index < -0.39 is 11.6 Å². The van der Waals surface area contributed by atoms with Crippen LogP contribution < -0.4 is 19.7 Å². The highest BCUT2D eigenvalue weighted by Crippen LogP contribution is 2.46. The lowest BCUT2D eigenvalue weighted by Crippen LogP contribution is -2.60. The van der Waals surface area contributed by atoms with Gasteiger partial charge in [0.25, 0.3) is 0 Å².